The molecular formula is C20H19N5O2. The van der Waals surface area contributed by atoms with Crippen LogP contribution >= 0.6 is 0 Å². The fraction of sp³-hybridized carbons (Fsp3) is 0.200. The van der Waals surface area contributed by atoms with E-state index in [1.807, 2.05) is 55.9 Å². The zero-order valence-corrected chi connectivity index (χ0v) is 15.4. The van der Waals surface area contributed by atoms with Crippen molar-refractivity contribution in [1.29, 1.82) is 0 Å². The summed E-state index contributed by atoms with van der Waals surface area (Å²) < 4.78 is 7.11. The molecule has 0 saturated heterocycles. The molecule has 27 heavy (non-hydrogen) atoms. The normalized spacial score (nSPS) is 11.1. The SMILES string of the molecule is CCn1cc(-c2cc(C(=O)Nc3c(C)ccc4cccnc34)on2)c(C)n1. The molecule has 0 unspecified atom stereocenters. The van der Waals surface area contributed by atoms with Crippen molar-refractivity contribution >= 4 is 22.5 Å². The fourth-order valence-corrected chi connectivity index (χ4v) is 3.02. The summed E-state index contributed by atoms with van der Waals surface area (Å²) >= 11 is 0. The Morgan fingerprint density at radius 3 is 2.89 bits per heavy atom. The van der Waals surface area contributed by atoms with Crippen LogP contribution in [-0.4, -0.2) is 25.8 Å². The summed E-state index contributed by atoms with van der Waals surface area (Å²) in [5.74, 6) is -0.225. The van der Waals surface area contributed by atoms with E-state index in [2.05, 4.69) is 20.6 Å². The summed E-state index contributed by atoms with van der Waals surface area (Å²) in [5, 5.41) is 12.3. The maximum Gasteiger partial charge on any atom is 0.294 e. The molecule has 0 fully saturated rings. The van der Waals surface area contributed by atoms with Crippen LogP contribution < -0.4 is 5.32 Å². The summed E-state index contributed by atoms with van der Waals surface area (Å²) in [4.78, 5) is 17.1. The third-order valence-electron chi connectivity index (χ3n) is 4.50. The molecule has 0 aliphatic rings. The number of anilines is 1. The van der Waals surface area contributed by atoms with Gasteiger partial charge in [0.1, 0.15) is 5.69 Å². The minimum absolute atomic E-state index is 0.140. The monoisotopic (exact) mass is 361 g/mol. The van der Waals surface area contributed by atoms with E-state index in [0.717, 1.165) is 34.3 Å². The van der Waals surface area contributed by atoms with Gasteiger partial charge in [-0.15, -0.1) is 0 Å². The van der Waals surface area contributed by atoms with Crippen molar-refractivity contribution in [2.75, 3.05) is 5.32 Å². The highest BCUT2D eigenvalue weighted by Crippen LogP contribution is 2.27. The van der Waals surface area contributed by atoms with Crippen molar-refractivity contribution in [2.45, 2.75) is 27.3 Å². The van der Waals surface area contributed by atoms with Crippen molar-refractivity contribution in [3.8, 4) is 11.3 Å². The van der Waals surface area contributed by atoms with Crippen molar-refractivity contribution in [2.24, 2.45) is 0 Å². The number of nitrogens with zero attached hydrogens (tertiary/aromatic N) is 4. The Kier molecular flexibility index (Phi) is 4.19. The number of hydrogen-bond donors (Lipinski definition) is 1. The standard InChI is InChI=1S/C20H19N5O2/c1-4-25-11-15(13(3)23-25)16-10-17(27-24-16)20(26)22-18-12(2)7-8-14-6-5-9-21-19(14)18/h5-11H,4H2,1-3H3,(H,22,26). The minimum atomic E-state index is -0.365. The van der Waals surface area contributed by atoms with Crippen LogP contribution in [-0.2, 0) is 6.54 Å². The van der Waals surface area contributed by atoms with Gasteiger partial charge in [0.05, 0.1) is 16.9 Å². The zero-order valence-electron chi connectivity index (χ0n) is 15.4. The molecular weight excluding hydrogens is 342 g/mol. The van der Waals surface area contributed by atoms with Gasteiger partial charge in [0.15, 0.2) is 0 Å². The number of aryl methyl sites for hydroxylation is 3. The average molecular weight is 361 g/mol. The molecule has 0 aliphatic heterocycles. The molecule has 1 N–H and O–H groups in total. The lowest BCUT2D eigenvalue weighted by atomic mass is 10.1. The van der Waals surface area contributed by atoms with Crippen molar-refractivity contribution in [3.63, 3.8) is 0 Å². The minimum Gasteiger partial charge on any atom is -0.350 e. The second-order valence-electron chi connectivity index (χ2n) is 6.35. The third-order valence-corrected chi connectivity index (χ3v) is 4.50. The molecule has 0 radical (unpaired) electrons. The van der Waals surface area contributed by atoms with E-state index in [0.29, 0.717) is 11.4 Å². The molecule has 7 heteroatoms. The Bertz CT molecular complexity index is 1140. The van der Waals surface area contributed by atoms with Gasteiger partial charge in [0, 0.05) is 36.0 Å². The first kappa shape index (κ1) is 17.0. The molecule has 7 nitrogen and oxygen atoms in total. The fourth-order valence-electron chi connectivity index (χ4n) is 3.02. The number of rotatable bonds is 4. The second-order valence-corrected chi connectivity index (χ2v) is 6.35. The molecule has 0 aliphatic carbocycles. The first-order chi connectivity index (χ1) is 13.1. The molecule has 0 atom stereocenters. The number of carbonyl (C=O) groups excluding carboxylic acids is 1. The second kappa shape index (κ2) is 6.68. The van der Waals surface area contributed by atoms with Gasteiger partial charge in [-0.2, -0.15) is 5.10 Å². The summed E-state index contributed by atoms with van der Waals surface area (Å²) in [6.07, 6.45) is 3.60. The molecule has 0 saturated carbocycles. The number of hydrogen-bond acceptors (Lipinski definition) is 5. The lowest BCUT2D eigenvalue weighted by molar-refractivity contribution is 0.0988. The van der Waals surface area contributed by atoms with Crippen LogP contribution in [0.2, 0.25) is 0 Å². The molecule has 1 amide bonds. The Morgan fingerprint density at radius 1 is 1.26 bits per heavy atom. The Hall–Kier alpha value is -3.48. The number of amides is 1. The van der Waals surface area contributed by atoms with Crippen molar-refractivity contribution in [3.05, 3.63) is 59.7 Å². The van der Waals surface area contributed by atoms with Gasteiger partial charge >= 0.3 is 0 Å². The number of fused-ring (bicyclic) bond motifs is 1. The predicted molar refractivity (Wildman–Crippen MR) is 103 cm³/mol. The highest BCUT2D eigenvalue weighted by atomic mass is 16.5. The van der Waals surface area contributed by atoms with E-state index in [4.69, 9.17) is 4.52 Å². The van der Waals surface area contributed by atoms with Gasteiger partial charge in [-0.05, 0) is 32.4 Å². The molecule has 3 heterocycles. The molecule has 3 aromatic heterocycles. The largest absolute Gasteiger partial charge is 0.350 e. The van der Waals surface area contributed by atoms with Gasteiger partial charge in [-0.1, -0.05) is 23.4 Å². The van der Waals surface area contributed by atoms with Crippen LogP contribution in [0.1, 0.15) is 28.7 Å². The van der Waals surface area contributed by atoms with E-state index in [1.54, 1.807) is 12.3 Å². The summed E-state index contributed by atoms with van der Waals surface area (Å²) in [6.45, 7) is 6.61. The quantitative estimate of drug-likeness (QED) is 0.594. The van der Waals surface area contributed by atoms with Gasteiger partial charge < -0.3 is 9.84 Å². The summed E-state index contributed by atoms with van der Waals surface area (Å²) in [7, 11) is 0. The smallest absolute Gasteiger partial charge is 0.294 e. The molecule has 4 aromatic rings. The maximum atomic E-state index is 12.7. The Morgan fingerprint density at radius 2 is 2.11 bits per heavy atom. The topological polar surface area (TPSA) is 85.8 Å². The van der Waals surface area contributed by atoms with E-state index in [1.165, 1.54) is 0 Å². The molecule has 0 bridgehead atoms. The van der Waals surface area contributed by atoms with Crippen LogP contribution in [0.3, 0.4) is 0 Å². The van der Waals surface area contributed by atoms with Crippen LogP contribution in [0, 0.1) is 13.8 Å². The van der Waals surface area contributed by atoms with Gasteiger partial charge in [0.2, 0.25) is 5.76 Å². The van der Waals surface area contributed by atoms with Crippen molar-refractivity contribution in [1.82, 2.24) is 19.9 Å². The average Bonchev–Trinajstić information content (AvgIpc) is 3.30. The first-order valence-electron chi connectivity index (χ1n) is 8.73. The summed E-state index contributed by atoms with van der Waals surface area (Å²) in [5.41, 5.74) is 4.62. The molecule has 0 spiro atoms. The number of nitrogens with one attached hydrogen (secondary N) is 1. The van der Waals surface area contributed by atoms with Crippen LogP contribution in [0.4, 0.5) is 5.69 Å². The molecule has 136 valence electrons. The van der Waals surface area contributed by atoms with E-state index in [9.17, 15) is 4.79 Å². The maximum absolute atomic E-state index is 12.7. The zero-order chi connectivity index (χ0) is 19.0. The first-order valence-corrected chi connectivity index (χ1v) is 8.73. The van der Waals surface area contributed by atoms with E-state index >= 15 is 0 Å². The van der Waals surface area contributed by atoms with E-state index < -0.39 is 0 Å². The molecule has 4 rings (SSSR count). The van der Waals surface area contributed by atoms with Gasteiger partial charge in [0.25, 0.3) is 5.91 Å². The van der Waals surface area contributed by atoms with Crippen molar-refractivity contribution < 1.29 is 9.32 Å². The molecule has 1 aromatic carbocycles. The van der Waals surface area contributed by atoms with Crippen LogP contribution in [0.25, 0.3) is 22.2 Å². The predicted octanol–water partition coefficient (Wildman–Crippen LogP) is 3.98. The number of aromatic nitrogens is 4. The van der Waals surface area contributed by atoms with Crippen LogP contribution in [0.5, 0.6) is 0 Å². The number of benzene rings is 1. The summed E-state index contributed by atoms with van der Waals surface area (Å²) in [6, 6.07) is 9.39. The number of pyridine rings is 1. The van der Waals surface area contributed by atoms with E-state index in [-0.39, 0.29) is 11.7 Å². The van der Waals surface area contributed by atoms with Gasteiger partial charge in [-0.25, -0.2) is 0 Å². The lowest BCUT2D eigenvalue weighted by Crippen LogP contribution is -2.12. The highest BCUT2D eigenvalue weighted by Gasteiger charge is 2.18. The van der Waals surface area contributed by atoms with Crippen LogP contribution in [0.15, 0.2) is 47.2 Å². The number of carbonyl (C=O) groups is 1. The highest BCUT2D eigenvalue weighted by molar-refractivity contribution is 6.08. The van der Waals surface area contributed by atoms with Gasteiger partial charge in [-0.3, -0.25) is 14.5 Å². The third kappa shape index (κ3) is 3.08. The Balaban J connectivity index is 1.64. The Labute approximate surface area is 156 Å². The lowest BCUT2D eigenvalue weighted by Gasteiger charge is -2.09.